The van der Waals surface area contributed by atoms with Crippen molar-refractivity contribution in [1.29, 1.82) is 0 Å². The van der Waals surface area contributed by atoms with Crippen molar-refractivity contribution in [3.8, 4) is 0 Å². The Balaban J connectivity index is 1.74. The van der Waals surface area contributed by atoms with Gasteiger partial charge in [-0.05, 0) is 33.7 Å². The number of nitrogens with zero attached hydrogens (tertiary/aromatic N) is 2. The van der Waals surface area contributed by atoms with E-state index in [1.165, 1.54) is 36.3 Å². The summed E-state index contributed by atoms with van der Waals surface area (Å²) >= 11 is 1.77. The number of nitrogens with one attached hydrogen (secondary N) is 1. The summed E-state index contributed by atoms with van der Waals surface area (Å²) in [5, 5.41) is 3.70. The molecule has 1 heterocycles. The second kappa shape index (κ2) is 6.64. The molecule has 0 aromatic carbocycles. The van der Waals surface area contributed by atoms with Crippen LogP contribution in [-0.4, -0.2) is 35.6 Å². The molecule has 0 aliphatic heterocycles. The van der Waals surface area contributed by atoms with Crippen LogP contribution in [0, 0.1) is 6.92 Å². The van der Waals surface area contributed by atoms with Crippen LogP contribution in [0.3, 0.4) is 0 Å². The Bertz CT molecular complexity index is 358. The highest BCUT2D eigenvalue weighted by atomic mass is 32.1. The van der Waals surface area contributed by atoms with Crippen LogP contribution < -0.4 is 5.32 Å². The minimum Gasteiger partial charge on any atom is -0.312 e. The fourth-order valence-electron chi connectivity index (χ4n) is 2.48. The predicted octanol–water partition coefficient (Wildman–Crippen LogP) is 2.80. The topological polar surface area (TPSA) is 28.2 Å². The highest BCUT2D eigenvalue weighted by Gasteiger charge is 2.17. The molecule has 0 saturated heterocycles. The van der Waals surface area contributed by atoms with Crippen LogP contribution in [0.4, 0.5) is 0 Å². The Hall–Kier alpha value is -0.450. The zero-order chi connectivity index (χ0) is 13.0. The van der Waals surface area contributed by atoms with Gasteiger partial charge in [0.1, 0.15) is 0 Å². The third kappa shape index (κ3) is 3.77. The van der Waals surface area contributed by atoms with Crippen molar-refractivity contribution in [2.24, 2.45) is 0 Å². The van der Waals surface area contributed by atoms with Gasteiger partial charge in [-0.1, -0.05) is 12.8 Å². The molecule has 0 amide bonds. The van der Waals surface area contributed by atoms with Gasteiger partial charge >= 0.3 is 0 Å². The van der Waals surface area contributed by atoms with E-state index in [0.29, 0.717) is 6.04 Å². The maximum atomic E-state index is 4.31. The number of aromatic nitrogens is 1. The first-order chi connectivity index (χ1) is 8.66. The zero-order valence-corrected chi connectivity index (χ0v) is 12.6. The molecule has 1 N–H and O–H groups in total. The third-order valence-corrected chi connectivity index (χ3v) is 4.97. The second-order valence-electron chi connectivity index (χ2n) is 5.51. The highest BCUT2D eigenvalue weighted by molar-refractivity contribution is 7.09. The van der Waals surface area contributed by atoms with Gasteiger partial charge in [-0.25, -0.2) is 4.98 Å². The maximum absolute atomic E-state index is 4.31. The summed E-state index contributed by atoms with van der Waals surface area (Å²) in [6.45, 7) is 6.52. The maximum Gasteiger partial charge on any atom is 0.0798 e. The zero-order valence-electron chi connectivity index (χ0n) is 11.8. The molecule has 1 saturated carbocycles. The largest absolute Gasteiger partial charge is 0.312 e. The van der Waals surface area contributed by atoms with Crippen molar-refractivity contribution in [3.63, 3.8) is 0 Å². The van der Waals surface area contributed by atoms with Crippen molar-refractivity contribution in [1.82, 2.24) is 15.2 Å². The Kier molecular flexibility index (Phi) is 5.15. The van der Waals surface area contributed by atoms with Gasteiger partial charge in [0, 0.05) is 30.1 Å². The summed E-state index contributed by atoms with van der Waals surface area (Å²) in [6.07, 6.45) is 5.54. The van der Waals surface area contributed by atoms with Crippen LogP contribution in [0.15, 0.2) is 5.51 Å². The quantitative estimate of drug-likeness (QED) is 0.859. The van der Waals surface area contributed by atoms with Gasteiger partial charge in [0.2, 0.25) is 0 Å². The Morgan fingerprint density at radius 3 is 2.83 bits per heavy atom. The molecule has 1 aliphatic rings. The molecule has 3 nitrogen and oxygen atoms in total. The fourth-order valence-corrected chi connectivity index (χ4v) is 3.32. The Morgan fingerprint density at radius 2 is 2.22 bits per heavy atom. The van der Waals surface area contributed by atoms with E-state index >= 15 is 0 Å². The molecule has 1 aromatic heterocycles. The van der Waals surface area contributed by atoms with Crippen LogP contribution in [0.5, 0.6) is 0 Å². The third-order valence-electron chi connectivity index (χ3n) is 4.05. The lowest BCUT2D eigenvalue weighted by Gasteiger charge is -2.26. The smallest absolute Gasteiger partial charge is 0.0798 e. The van der Waals surface area contributed by atoms with E-state index < -0.39 is 0 Å². The highest BCUT2D eigenvalue weighted by Crippen LogP contribution is 2.18. The van der Waals surface area contributed by atoms with Crippen LogP contribution in [0.25, 0.3) is 0 Å². The van der Waals surface area contributed by atoms with Gasteiger partial charge in [-0.3, -0.25) is 4.90 Å². The second-order valence-corrected chi connectivity index (χ2v) is 6.45. The monoisotopic (exact) mass is 267 g/mol. The number of hydrogen-bond donors (Lipinski definition) is 1. The molecular weight excluding hydrogens is 242 g/mol. The summed E-state index contributed by atoms with van der Waals surface area (Å²) in [5.41, 5.74) is 3.13. The first-order valence-electron chi connectivity index (χ1n) is 6.99. The van der Waals surface area contributed by atoms with Gasteiger partial charge in [-0.2, -0.15) is 0 Å². The molecule has 0 radical (unpaired) electrons. The number of thiazole rings is 1. The van der Waals surface area contributed by atoms with Crippen LogP contribution in [0.2, 0.25) is 0 Å². The molecule has 4 heteroatoms. The molecule has 18 heavy (non-hydrogen) atoms. The molecule has 1 atom stereocenters. The molecule has 102 valence electrons. The molecule has 0 spiro atoms. The summed E-state index contributed by atoms with van der Waals surface area (Å²) in [5.74, 6) is 0. The van der Waals surface area contributed by atoms with Gasteiger partial charge in [0.15, 0.2) is 0 Å². The first-order valence-corrected chi connectivity index (χ1v) is 7.87. The summed E-state index contributed by atoms with van der Waals surface area (Å²) in [6, 6.07) is 1.35. The fraction of sp³-hybridized carbons (Fsp3) is 0.786. The van der Waals surface area contributed by atoms with E-state index in [1.807, 2.05) is 5.51 Å². The molecule has 0 bridgehead atoms. The van der Waals surface area contributed by atoms with Crippen molar-refractivity contribution >= 4 is 11.3 Å². The van der Waals surface area contributed by atoms with E-state index in [9.17, 15) is 0 Å². The summed E-state index contributed by atoms with van der Waals surface area (Å²) < 4.78 is 0. The number of rotatable bonds is 6. The van der Waals surface area contributed by atoms with E-state index in [0.717, 1.165) is 19.1 Å². The van der Waals surface area contributed by atoms with Crippen molar-refractivity contribution in [3.05, 3.63) is 16.1 Å². The lowest BCUT2D eigenvalue weighted by molar-refractivity contribution is 0.238. The first kappa shape index (κ1) is 14.0. The van der Waals surface area contributed by atoms with Crippen molar-refractivity contribution in [2.75, 3.05) is 13.6 Å². The van der Waals surface area contributed by atoms with Crippen molar-refractivity contribution in [2.45, 2.75) is 58.2 Å². The van der Waals surface area contributed by atoms with E-state index in [1.54, 1.807) is 11.3 Å². The molecule has 1 unspecified atom stereocenters. The average Bonchev–Trinajstić information content (AvgIpc) is 2.99. The summed E-state index contributed by atoms with van der Waals surface area (Å²) in [4.78, 5) is 8.13. The Labute approximate surface area is 115 Å². The normalized spacial score (nSPS) is 18.7. The van der Waals surface area contributed by atoms with Gasteiger partial charge in [0.05, 0.1) is 11.2 Å². The lowest BCUT2D eigenvalue weighted by atomic mass is 10.2. The number of likely N-dealkylation sites (N-methyl/N-ethyl adjacent to an activating group) is 1. The van der Waals surface area contributed by atoms with Gasteiger partial charge in [0.25, 0.3) is 0 Å². The van der Waals surface area contributed by atoms with E-state index in [4.69, 9.17) is 0 Å². The summed E-state index contributed by atoms with van der Waals surface area (Å²) in [7, 11) is 2.21. The lowest BCUT2D eigenvalue weighted by Crippen LogP contribution is -2.40. The van der Waals surface area contributed by atoms with Crippen LogP contribution >= 0.6 is 11.3 Å². The minimum atomic E-state index is 0.576. The molecule has 1 aliphatic carbocycles. The van der Waals surface area contributed by atoms with E-state index in [-0.39, 0.29) is 0 Å². The number of hydrogen-bond acceptors (Lipinski definition) is 4. The predicted molar refractivity (Wildman–Crippen MR) is 78.0 cm³/mol. The van der Waals surface area contributed by atoms with Crippen molar-refractivity contribution < 1.29 is 0 Å². The van der Waals surface area contributed by atoms with Crippen LogP contribution in [-0.2, 0) is 6.54 Å². The molecule has 2 rings (SSSR count). The molecule has 1 aromatic rings. The number of aryl methyl sites for hydroxylation is 1. The van der Waals surface area contributed by atoms with Crippen LogP contribution in [0.1, 0.15) is 43.2 Å². The minimum absolute atomic E-state index is 0.576. The van der Waals surface area contributed by atoms with Gasteiger partial charge < -0.3 is 5.32 Å². The standard InChI is InChI=1S/C14H25N3S/c1-11(8-15-13-6-4-5-7-13)17(3)9-14-12(2)16-10-18-14/h10-11,13,15H,4-9H2,1-3H3. The molecular formula is C14H25N3S. The van der Waals surface area contributed by atoms with E-state index in [2.05, 4.69) is 36.1 Å². The SMILES string of the molecule is Cc1ncsc1CN(C)C(C)CNC1CCCC1. The Morgan fingerprint density at radius 1 is 1.50 bits per heavy atom. The molecule has 1 fully saturated rings. The average molecular weight is 267 g/mol. The van der Waals surface area contributed by atoms with Gasteiger partial charge in [-0.15, -0.1) is 11.3 Å².